The van der Waals surface area contributed by atoms with Crippen molar-refractivity contribution < 1.29 is 10.0 Å². The van der Waals surface area contributed by atoms with Crippen LogP contribution in [0.2, 0.25) is 0 Å². The van der Waals surface area contributed by atoms with Crippen LogP contribution >= 0.6 is 0 Å². The van der Waals surface area contributed by atoms with E-state index in [0.29, 0.717) is 0 Å². The summed E-state index contributed by atoms with van der Waals surface area (Å²) in [5.74, 6) is 0. The summed E-state index contributed by atoms with van der Waals surface area (Å²) in [6.45, 7) is 0. The van der Waals surface area contributed by atoms with Gasteiger partial charge in [-0.3, -0.25) is 4.98 Å². The Morgan fingerprint density at radius 2 is 1.91 bits per heavy atom. The Balaban J connectivity index is 3.17. The number of hydrogen-bond donors (Lipinski definition) is 4. The molecule has 1 aromatic rings. The number of nitrogen functional groups attached to an aromatic ring is 2. The maximum Gasteiger partial charge on any atom is 0.492 e. The maximum atomic E-state index is 8.71. The quantitative estimate of drug-likeness (QED) is 0.346. The van der Waals surface area contributed by atoms with Gasteiger partial charge in [0.1, 0.15) is 0 Å². The Kier molecular flexibility index (Phi) is 1.97. The SMILES string of the molecule is Nc1cncc(B(O)O)c1N. The molecule has 0 unspecified atom stereocenters. The summed E-state index contributed by atoms with van der Waals surface area (Å²) in [4.78, 5) is 3.64. The highest BCUT2D eigenvalue weighted by atomic mass is 16.4. The van der Waals surface area contributed by atoms with Gasteiger partial charge >= 0.3 is 7.12 Å². The third-order valence-electron chi connectivity index (χ3n) is 1.33. The fraction of sp³-hybridized carbons (Fsp3) is 0. The van der Waals surface area contributed by atoms with Crippen LogP contribution < -0.4 is 16.9 Å². The predicted molar refractivity (Wildman–Crippen MR) is 42.9 cm³/mol. The highest BCUT2D eigenvalue weighted by molar-refractivity contribution is 6.60. The zero-order valence-electron chi connectivity index (χ0n) is 5.73. The van der Waals surface area contributed by atoms with Crippen molar-refractivity contribution in [1.82, 2.24) is 4.98 Å². The van der Waals surface area contributed by atoms with Crippen molar-refractivity contribution in [2.45, 2.75) is 0 Å². The molecule has 0 aliphatic rings. The van der Waals surface area contributed by atoms with Crippen molar-refractivity contribution in [3.8, 4) is 0 Å². The first-order valence-electron chi connectivity index (χ1n) is 2.98. The second kappa shape index (κ2) is 2.77. The Morgan fingerprint density at radius 1 is 1.27 bits per heavy atom. The topological polar surface area (TPSA) is 105 Å². The molecule has 0 saturated heterocycles. The van der Waals surface area contributed by atoms with Crippen LogP contribution in [-0.4, -0.2) is 22.2 Å². The van der Waals surface area contributed by atoms with Crippen LogP contribution in [0.3, 0.4) is 0 Å². The zero-order chi connectivity index (χ0) is 8.43. The number of nitrogens with two attached hydrogens (primary N) is 2. The molecule has 58 valence electrons. The van der Waals surface area contributed by atoms with E-state index in [4.69, 9.17) is 21.5 Å². The molecule has 0 saturated carbocycles. The van der Waals surface area contributed by atoms with Gasteiger partial charge in [0, 0.05) is 11.7 Å². The second-order valence-corrected chi connectivity index (χ2v) is 2.11. The molecule has 5 nitrogen and oxygen atoms in total. The molecule has 0 aliphatic carbocycles. The molecule has 0 atom stereocenters. The first kappa shape index (κ1) is 7.84. The van der Waals surface area contributed by atoms with Crippen LogP contribution in [0.4, 0.5) is 11.4 Å². The van der Waals surface area contributed by atoms with E-state index in [-0.39, 0.29) is 16.8 Å². The molecule has 11 heavy (non-hydrogen) atoms. The van der Waals surface area contributed by atoms with Crippen molar-refractivity contribution in [2.75, 3.05) is 11.5 Å². The molecular weight excluding hydrogens is 145 g/mol. The van der Waals surface area contributed by atoms with E-state index in [1.807, 2.05) is 0 Å². The van der Waals surface area contributed by atoms with E-state index in [0.717, 1.165) is 0 Å². The molecule has 0 aliphatic heterocycles. The Labute approximate surface area is 63.8 Å². The minimum absolute atomic E-state index is 0.130. The van der Waals surface area contributed by atoms with Gasteiger partial charge in [-0.05, 0) is 0 Å². The summed E-state index contributed by atoms with van der Waals surface area (Å²) >= 11 is 0. The second-order valence-electron chi connectivity index (χ2n) is 2.11. The highest BCUT2D eigenvalue weighted by Gasteiger charge is 2.15. The molecule has 1 aromatic heterocycles. The first-order chi connectivity index (χ1) is 5.13. The average molecular weight is 153 g/mol. The molecule has 0 amide bonds. The van der Waals surface area contributed by atoms with E-state index in [1.165, 1.54) is 12.4 Å². The lowest BCUT2D eigenvalue weighted by molar-refractivity contribution is 0.426. The van der Waals surface area contributed by atoms with Crippen molar-refractivity contribution in [3.05, 3.63) is 12.4 Å². The zero-order valence-corrected chi connectivity index (χ0v) is 5.73. The lowest BCUT2D eigenvalue weighted by Crippen LogP contribution is -2.33. The van der Waals surface area contributed by atoms with Gasteiger partial charge in [-0.2, -0.15) is 0 Å². The van der Waals surface area contributed by atoms with Gasteiger partial charge in [-0.1, -0.05) is 0 Å². The van der Waals surface area contributed by atoms with Gasteiger partial charge in [-0.25, -0.2) is 0 Å². The predicted octanol–water partition coefficient (Wildman–Crippen LogP) is -2.07. The maximum absolute atomic E-state index is 8.71. The van der Waals surface area contributed by atoms with Gasteiger partial charge in [0.15, 0.2) is 0 Å². The molecule has 1 heterocycles. The van der Waals surface area contributed by atoms with E-state index < -0.39 is 7.12 Å². The van der Waals surface area contributed by atoms with Crippen LogP contribution in [0.1, 0.15) is 0 Å². The highest BCUT2D eigenvalue weighted by Crippen LogP contribution is 2.07. The minimum atomic E-state index is -1.62. The largest absolute Gasteiger partial charge is 0.492 e. The van der Waals surface area contributed by atoms with Crippen molar-refractivity contribution >= 4 is 24.0 Å². The van der Waals surface area contributed by atoms with Crippen LogP contribution in [-0.2, 0) is 0 Å². The number of aromatic nitrogens is 1. The molecule has 0 aromatic carbocycles. The summed E-state index contributed by atoms with van der Waals surface area (Å²) in [5.41, 5.74) is 11.3. The third kappa shape index (κ3) is 1.41. The van der Waals surface area contributed by atoms with Crippen LogP contribution in [0, 0.1) is 0 Å². The lowest BCUT2D eigenvalue weighted by atomic mass is 9.80. The molecule has 0 fully saturated rings. The molecular formula is C5H8BN3O2. The van der Waals surface area contributed by atoms with Crippen molar-refractivity contribution in [3.63, 3.8) is 0 Å². The van der Waals surface area contributed by atoms with Gasteiger partial charge in [-0.15, -0.1) is 0 Å². The Bertz CT molecular complexity index is 266. The molecule has 0 bridgehead atoms. The summed E-state index contributed by atoms with van der Waals surface area (Å²) in [7, 11) is -1.62. The molecule has 6 heteroatoms. The van der Waals surface area contributed by atoms with Gasteiger partial charge in [0.25, 0.3) is 0 Å². The van der Waals surface area contributed by atoms with Gasteiger partial charge in [0.05, 0.1) is 17.6 Å². The van der Waals surface area contributed by atoms with Gasteiger partial charge in [0.2, 0.25) is 0 Å². The number of pyridine rings is 1. The Morgan fingerprint density at radius 3 is 2.36 bits per heavy atom. The molecule has 0 spiro atoms. The summed E-state index contributed by atoms with van der Waals surface area (Å²) < 4.78 is 0. The standard InChI is InChI=1S/C5H8BN3O2/c7-4-2-9-1-3(5(4)8)6(10)11/h1-2,10-11H,7H2,(H2,8,9). The molecule has 6 N–H and O–H groups in total. The fourth-order valence-electron chi connectivity index (χ4n) is 0.709. The number of hydrogen-bond acceptors (Lipinski definition) is 5. The number of nitrogens with zero attached hydrogens (tertiary/aromatic N) is 1. The average Bonchev–Trinajstić information content (AvgIpc) is 1.94. The fourth-order valence-corrected chi connectivity index (χ4v) is 0.709. The van der Waals surface area contributed by atoms with Gasteiger partial charge < -0.3 is 21.5 Å². The summed E-state index contributed by atoms with van der Waals surface area (Å²) in [5, 5.41) is 17.4. The Hall–Kier alpha value is -1.27. The summed E-state index contributed by atoms with van der Waals surface area (Å²) in [6, 6.07) is 0. The van der Waals surface area contributed by atoms with E-state index >= 15 is 0 Å². The van der Waals surface area contributed by atoms with Crippen molar-refractivity contribution in [1.29, 1.82) is 0 Å². The van der Waals surface area contributed by atoms with Crippen LogP contribution in [0.5, 0.6) is 0 Å². The molecule has 0 radical (unpaired) electrons. The normalized spacial score (nSPS) is 9.64. The lowest BCUT2D eigenvalue weighted by Gasteiger charge is -2.04. The third-order valence-corrected chi connectivity index (χ3v) is 1.33. The van der Waals surface area contributed by atoms with E-state index in [9.17, 15) is 0 Å². The monoisotopic (exact) mass is 153 g/mol. The first-order valence-corrected chi connectivity index (χ1v) is 2.98. The number of rotatable bonds is 1. The smallest absolute Gasteiger partial charge is 0.423 e. The van der Waals surface area contributed by atoms with Crippen molar-refractivity contribution in [2.24, 2.45) is 0 Å². The van der Waals surface area contributed by atoms with Crippen LogP contribution in [0.15, 0.2) is 12.4 Å². The van der Waals surface area contributed by atoms with E-state index in [1.54, 1.807) is 0 Å². The number of anilines is 2. The van der Waals surface area contributed by atoms with E-state index in [2.05, 4.69) is 4.98 Å². The molecule has 1 rings (SSSR count). The van der Waals surface area contributed by atoms with Crippen LogP contribution in [0.25, 0.3) is 0 Å². The summed E-state index contributed by atoms with van der Waals surface area (Å²) in [6.07, 6.45) is 2.61. The minimum Gasteiger partial charge on any atom is -0.423 e.